The number of anilines is 1. The summed E-state index contributed by atoms with van der Waals surface area (Å²) in [6.45, 7) is 1.71. The molecule has 3 N–H and O–H groups in total. The molecule has 0 heterocycles. The molecule has 130 valence electrons. The lowest BCUT2D eigenvalue weighted by atomic mass is 10.1. The van der Waals surface area contributed by atoms with Gasteiger partial charge in [-0.15, -0.1) is 0 Å². The van der Waals surface area contributed by atoms with Crippen molar-refractivity contribution in [2.45, 2.75) is 19.8 Å². The van der Waals surface area contributed by atoms with Gasteiger partial charge in [0.15, 0.2) is 0 Å². The van der Waals surface area contributed by atoms with Crippen molar-refractivity contribution < 1.29 is 14.7 Å². The van der Waals surface area contributed by atoms with Gasteiger partial charge in [-0.05, 0) is 31.2 Å². The Kier molecular flexibility index (Phi) is 6.54. The summed E-state index contributed by atoms with van der Waals surface area (Å²) in [6.07, 6.45) is 0.00482. The Bertz CT molecular complexity index is 806. The van der Waals surface area contributed by atoms with Gasteiger partial charge in [0.25, 0.3) is 0 Å². The maximum Gasteiger partial charge on any atom is 0.240 e. The Labute approximate surface area is 150 Å². The topological polar surface area (TPSA) is 90.8 Å². The van der Waals surface area contributed by atoms with Gasteiger partial charge in [0.1, 0.15) is 5.75 Å². The van der Waals surface area contributed by atoms with Gasteiger partial charge < -0.3 is 10.4 Å². The van der Waals surface area contributed by atoms with Crippen LogP contribution in [0.1, 0.15) is 25.3 Å². The molecule has 0 aliphatic heterocycles. The Morgan fingerprint density at radius 2 is 1.80 bits per heavy atom. The molecule has 0 aromatic heterocycles. The summed E-state index contributed by atoms with van der Waals surface area (Å²) in [7, 11) is 0. The number of rotatable bonds is 6. The number of phenolic OH excluding ortho intramolecular Hbond substituents is 1. The predicted octanol–water partition coefficient (Wildman–Crippen LogP) is 3.30. The lowest BCUT2D eigenvalue weighted by molar-refractivity contribution is -0.124. The molecule has 2 amide bonds. The van der Waals surface area contributed by atoms with Crippen LogP contribution in [0.15, 0.2) is 53.6 Å². The van der Waals surface area contributed by atoms with E-state index >= 15 is 0 Å². The normalized spacial score (nSPS) is 11.0. The largest absolute Gasteiger partial charge is 0.508 e. The van der Waals surface area contributed by atoms with Crippen LogP contribution in [-0.4, -0.2) is 22.6 Å². The van der Waals surface area contributed by atoms with Crippen LogP contribution in [0.3, 0.4) is 0 Å². The SMILES string of the molecule is C/C(=N/NC(=O)CCC(=O)Nc1ccccc1Cl)c1cccc(O)c1. The molecule has 2 aromatic rings. The molecule has 0 saturated carbocycles. The monoisotopic (exact) mass is 359 g/mol. The first-order chi connectivity index (χ1) is 12.0. The number of halogens is 1. The lowest BCUT2D eigenvalue weighted by Gasteiger charge is -2.07. The first-order valence-electron chi connectivity index (χ1n) is 7.62. The summed E-state index contributed by atoms with van der Waals surface area (Å²) < 4.78 is 0. The third-order valence-electron chi connectivity index (χ3n) is 3.34. The van der Waals surface area contributed by atoms with Crippen LogP contribution in [0.5, 0.6) is 5.75 Å². The standard InChI is InChI=1S/C18H18ClN3O3/c1-12(13-5-4-6-14(23)11-13)21-22-18(25)10-9-17(24)20-16-8-3-2-7-15(16)19/h2-8,11,23H,9-10H2,1H3,(H,20,24)(H,22,25)/b21-12-. The maximum absolute atomic E-state index is 11.9. The Morgan fingerprint density at radius 3 is 2.52 bits per heavy atom. The minimum atomic E-state index is -0.381. The van der Waals surface area contributed by atoms with E-state index < -0.39 is 0 Å². The molecule has 0 aliphatic carbocycles. The van der Waals surface area contributed by atoms with Crippen LogP contribution in [-0.2, 0) is 9.59 Å². The van der Waals surface area contributed by atoms with E-state index in [1.807, 2.05) is 0 Å². The van der Waals surface area contributed by atoms with Crippen molar-refractivity contribution in [3.8, 4) is 5.75 Å². The number of hydrogen-bond donors (Lipinski definition) is 3. The van der Waals surface area contributed by atoms with Crippen molar-refractivity contribution >= 4 is 34.8 Å². The predicted molar refractivity (Wildman–Crippen MR) is 97.8 cm³/mol. The van der Waals surface area contributed by atoms with E-state index in [0.29, 0.717) is 22.0 Å². The lowest BCUT2D eigenvalue weighted by Crippen LogP contribution is -2.21. The summed E-state index contributed by atoms with van der Waals surface area (Å²) in [6, 6.07) is 13.4. The summed E-state index contributed by atoms with van der Waals surface area (Å²) in [5.41, 5.74) is 4.14. The third-order valence-corrected chi connectivity index (χ3v) is 3.67. The highest BCUT2D eigenvalue weighted by Gasteiger charge is 2.09. The van der Waals surface area contributed by atoms with Crippen molar-refractivity contribution in [2.24, 2.45) is 5.10 Å². The second kappa shape index (κ2) is 8.84. The maximum atomic E-state index is 11.9. The number of para-hydroxylation sites is 1. The fraction of sp³-hybridized carbons (Fsp3) is 0.167. The zero-order valence-electron chi connectivity index (χ0n) is 13.6. The zero-order chi connectivity index (χ0) is 18.2. The van der Waals surface area contributed by atoms with Crippen molar-refractivity contribution in [3.05, 3.63) is 59.1 Å². The summed E-state index contributed by atoms with van der Waals surface area (Å²) in [5.74, 6) is -0.569. The second-order valence-electron chi connectivity index (χ2n) is 5.31. The van der Waals surface area contributed by atoms with Gasteiger partial charge in [0.05, 0.1) is 16.4 Å². The van der Waals surface area contributed by atoms with Gasteiger partial charge in [-0.3, -0.25) is 9.59 Å². The Hall–Kier alpha value is -2.86. The number of hydrogen-bond acceptors (Lipinski definition) is 4. The van der Waals surface area contributed by atoms with E-state index in [1.54, 1.807) is 55.5 Å². The van der Waals surface area contributed by atoms with E-state index in [9.17, 15) is 14.7 Å². The molecule has 0 spiro atoms. The van der Waals surface area contributed by atoms with Gasteiger partial charge in [-0.2, -0.15) is 5.10 Å². The minimum Gasteiger partial charge on any atom is -0.508 e. The molecule has 6 nitrogen and oxygen atoms in total. The van der Waals surface area contributed by atoms with Crippen molar-refractivity contribution in [1.29, 1.82) is 0 Å². The summed E-state index contributed by atoms with van der Waals surface area (Å²) in [4.78, 5) is 23.6. The van der Waals surface area contributed by atoms with Crippen molar-refractivity contribution in [3.63, 3.8) is 0 Å². The van der Waals surface area contributed by atoms with E-state index in [0.717, 1.165) is 0 Å². The molecular formula is C18H18ClN3O3. The number of amides is 2. The van der Waals surface area contributed by atoms with Gasteiger partial charge in [0.2, 0.25) is 11.8 Å². The van der Waals surface area contributed by atoms with Gasteiger partial charge >= 0.3 is 0 Å². The quantitative estimate of drug-likeness (QED) is 0.546. The number of nitrogens with zero attached hydrogens (tertiary/aromatic N) is 1. The molecular weight excluding hydrogens is 342 g/mol. The molecule has 0 radical (unpaired) electrons. The summed E-state index contributed by atoms with van der Waals surface area (Å²) in [5, 5.41) is 16.5. The Morgan fingerprint density at radius 1 is 1.08 bits per heavy atom. The first kappa shape index (κ1) is 18.5. The first-order valence-corrected chi connectivity index (χ1v) is 8.00. The van der Waals surface area contributed by atoms with Crippen molar-refractivity contribution in [2.75, 3.05) is 5.32 Å². The van der Waals surface area contributed by atoms with Crippen molar-refractivity contribution in [1.82, 2.24) is 5.43 Å². The summed E-state index contributed by atoms with van der Waals surface area (Å²) >= 11 is 5.96. The minimum absolute atomic E-state index is 0.00684. The second-order valence-corrected chi connectivity index (χ2v) is 5.72. The molecule has 0 saturated heterocycles. The van der Waals surface area contributed by atoms with E-state index in [1.165, 1.54) is 0 Å². The number of nitrogens with one attached hydrogen (secondary N) is 2. The van der Waals surface area contributed by atoms with Gasteiger partial charge in [0, 0.05) is 18.4 Å². The van der Waals surface area contributed by atoms with Gasteiger partial charge in [-0.25, -0.2) is 5.43 Å². The highest BCUT2D eigenvalue weighted by atomic mass is 35.5. The number of carbonyl (C=O) groups is 2. The molecule has 7 heteroatoms. The molecule has 0 aliphatic rings. The zero-order valence-corrected chi connectivity index (χ0v) is 14.4. The Balaban J connectivity index is 1.81. The average molecular weight is 360 g/mol. The highest BCUT2D eigenvalue weighted by Crippen LogP contribution is 2.20. The van der Waals surface area contributed by atoms with E-state index in [4.69, 9.17) is 11.6 Å². The molecule has 0 fully saturated rings. The molecule has 0 unspecified atom stereocenters. The van der Waals surface area contributed by atoms with Crippen LogP contribution in [0.2, 0.25) is 5.02 Å². The fourth-order valence-corrected chi connectivity index (χ4v) is 2.18. The molecule has 25 heavy (non-hydrogen) atoms. The molecule has 0 atom stereocenters. The van der Waals surface area contributed by atoms with Crippen LogP contribution in [0.25, 0.3) is 0 Å². The molecule has 2 rings (SSSR count). The van der Waals surface area contributed by atoms with Crippen LogP contribution in [0, 0.1) is 0 Å². The van der Waals surface area contributed by atoms with Gasteiger partial charge in [-0.1, -0.05) is 35.9 Å². The average Bonchev–Trinajstić information content (AvgIpc) is 2.60. The van der Waals surface area contributed by atoms with Crippen LogP contribution in [0.4, 0.5) is 5.69 Å². The molecule has 0 bridgehead atoms. The van der Waals surface area contributed by atoms with Crippen LogP contribution < -0.4 is 10.7 Å². The van der Waals surface area contributed by atoms with E-state index in [2.05, 4.69) is 15.8 Å². The number of carbonyl (C=O) groups excluding carboxylic acids is 2. The number of aromatic hydroxyl groups is 1. The number of phenols is 1. The van der Waals surface area contributed by atoms with E-state index in [-0.39, 0.29) is 30.4 Å². The van der Waals surface area contributed by atoms with Crippen LogP contribution >= 0.6 is 11.6 Å². The molecule has 2 aromatic carbocycles. The fourth-order valence-electron chi connectivity index (χ4n) is 2.00. The highest BCUT2D eigenvalue weighted by molar-refractivity contribution is 6.33. The smallest absolute Gasteiger partial charge is 0.240 e. The number of hydrazone groups is 1. The third kappa shape index (κ3) is 5.93. The number of benzene rings is 2.